The number of carbonyl (C=O) groups excluding carboxylic acids is 1. The fraction of sp³-hybridized carbons (Fsp3) is 0.333. The summed E-state index contributed by atoms with van der Waals surface area (Å²) in [7, 11) is 0. The summed E-state index contributed by atoms with van der Waals surface area (Å²) in [6, 6.07) is 9.41. The van der Waals surface area contributed by atoms with Gasteiger partial charge in [-0.15, -0.1) is 5.10 Å². The van der Waals surface area contributed by atoms with Crippen LogP contribution in [-0.2, 0) is 4.79 Å². The first kappa shape index (κ1) is 15.7. The van der Waals surface area contributed by atoms with E-state index in [1.54, 1.807) is 4.68 Å². The van der Waals surface area contributed by atoms with Crippen LogP contribution < -0.4 is 5.32 Å². The number of rotatable bonds is 8. The van der Waals surface area contributed by atoms with Crippen LogP contribution in [0.3, 0.4) is 0 Å². The van der Waals surface area contributed by atoms with Crippen LogP contribution in [0.2, 0.25) is 0 Å². The molecule has 2 N–H and O–H groups in total. The molecule has 0 unspecified atom stereocenters. The Labute approximate surface area is 128 Å². The standard InChI is InChI=1S/C15H18N4O3/c20-13(21)9-5-2-6-10-16-15(22)14-17-11-19(18-14)12-7-3-1-4-8-12/h1,3-4,7-8,11H,2,5-6,9-10H2,(H,16,22)(H,20,21). The zero-order valence-electron chi connectivity index (χ0n) is 12.1. The van der Waals surface area contributed by atoms with E-state index in [2.05, 4.69) is 15.4 Å². The summed E-state index contributed by atoms with van der Waals surface area (Å²) in [5, 5.41) is 15.4. The van der Waals surface area contributed by atoms with Crippen molar-refractivity contribution in [3.05, 3.63) is 42.5 Å². The molecule has 0 atom stereocenters. The maximum atomic E-state index is 11.9. The Balaban J connectivity index is 1.77. The van der Waals surface area contributed by atoms with E-state index in [4.69, 9.17) is 5.11 Å². The third kappa shape index (κ3) is 4.69. The molecule has 7 heteroatoms. The molecule has 22 heavy (non-hydrogen) atoms. The molecule has 1 heterocycles. The minimum atomic E-state index is -0.792. The second-order valence-corrected chi connectivity index (χ2v) is 4.81. The number of amides is 1. The molecule has 0 saturated heterocycles. The lowest BCUT2D eigenvalue weighted by Gasteiger charge is -2.02. The quantitative estimate of drug-likeness (QED) is 0.722. The number of nitrogens with one attached hydrogen (secondary N) is 1. The number of hydrogen-bond donors (Lipinski definition) is 2. The second kappa shape index (κ2) is 7.92. The lowest BCUT2D eigenvalue weighted by atomic mass is 10.2. The number of unbranched alkanes of at least 4 members (excludes halogenated alkanes) is 2. The summed E-state index contributed by atoms with van der Waals surface area (Å²) in [6.07, 6.45) is 3.77. The van der Waals surface area contributed by atoms with Crippen molar-refractivity contribution in [2.24, 2.45) is 0 Å². The number of carboxylic acids is 1. The van der Waals surface area contributed by atoms with Crippen LogP contribution in [0.15, 0.2) is 36.7 Å². The Kier molecular flexibility index (Phi) is 5.65. The van der Waals surface area contributed by atoms with Gasteiger partial charge in [-0.05, 0) is 25.0 Å². The van der Waals surface area contributed by atoms with Gasteiger partial charge in [0, 0.05) is 13.0 Å². The van der Waals surface area contributed by atoms with E-state index in [9.17, 15) is 9.59 Å². The highest BCUT2D eigenvalue weighted by Gasteiger charge is 2.11. The highest BCUT2D eigenvalue weighted by molar-refractivity contribution is 5.90. The number of carboxylic acid groups (broad SMARTS) is 1. The fourth-order valence-electron chi connectivity index (χ4n) is 1.93. The van der Waals surface area contributed by atoms with Crippen molar-refractivity contribution in [3.63, 3.8) is 0 Å². The minimum Gasteiger partial charge on any atom is -0.481 e. The maximum absolute atomic E-state index is 11.9. The molecule has 1 aromatic heterocycles. The average Bonchev–Trinajstić information content (AvgIpc) is 3.01. The van der Waals surface area contributed by atoms with Gasteiger partial charge in [-0.2, -0.15) is 0 Å². The van der Waals surface area contributed by atoms with Crippen molar-refractivity contribution in [2.75, 3.05) is 6.54 Å². The maximum Gasteiger partial charge on any atom is 0.303 e. The van der Waals surface area contributed by atoms with E-state index >= 15 is 0 Å². The van der Waals surface area contributed by atoms with Gasteiger partial charge in [0.15, 0.2) is 0 Å². The molecule has 0 spiro atoms. The highest BCUT2D eigenvalue weighted by Crippen LogP contribution is 2.05. The molecule has 0 radical (unpaired) electrons. The smallest absolute Gasteiger partial charge is 0.303 e. The highest BCUT2D eigenvalue weighted by atomic mass is 16.4. The van der Waals surface area contributed by atoms with Gasteiger partial charge >= 0.3 is 5.97 Å². The van der Waals surface area contributed by atoms with Gasteiger partial charge in [0.1, 0.15) is 6.33 Å². The lowest BCUT2D eigenvalue weighted by Crippen LogP contribution is -2.25. The van der Waals surface area contributed by atoms with Gasteiger partial charge in [0.25, 0.3) is 5.91 Å². The Morgan fingerprint density at radius 2 is 1.91 bits per heavy atom. The van der Waals surface area contributed by atoms with Gasteiger partial charge in [-0.3, -0.25) is 9.59 Å². The molecule has 1 aromatic carbocycles. The first-order chi connectivity index (χ1) is 10.7. The molecule has 2 aromatic rings. The van der Waals surface area contributed by atoms with Crippen molar-refractivity contribution < 1.29 is 14.7 Å². The zero-order chi connectivity index (χ0) is 15.8. The monoisotopic (exact) mass is 302 g/mol. The van der Waals surface area contributed by atoms with Gasteiger partial charge in [-0.1, -0.05) is 24.6 Å². The van der Waals surface area contributed by atoms with Crippen molar-refractivity contribution in [1.82, 2.24) is 20.1 Å². The Bertz CT molecular complexity index is 625. The predicted octanol–water partition coefficient (Wildman–Crippen LogP) is 1.64. The summed E-state index contributed by atoms with van der Waals surface area (Å²) in [5.74, 6) is -0.998. The topological polar surface area (TPSA) is 97.1 Å². The van der Waals surface area contributed by atoms with E-state index in [0.29, 0.717) is 13.0 Å². The molecule has 116 valence electrons. The van der Waals surface area contributed by atoms with Crippen molar-refractivity contribution in [3.8, 4) is 5.69 Å². The van der Waals surface area contributed by atoms with Crippen LogP contribution in [0, 0.1) is 0 Å². The van der Waals surface area contributed by atoms with Gasteiger partial charge < -0.3 is 10.4 Å². The fourth-order valence-corrected chi connectivity index (χ4v) is 1.93. The molecule has 1 amide bonds. The van der Waals surface area contributed by atoms with E-state index in [1.807, 2.05) is 30.3 Å². The third-order valence-corrected chi connectivity index (χ3v) is 3.07. The number of nitrogens with zero attached hydrogens (tertiary/aromatic N) is 3. The van der Waals surface area contributed by atoms with E-state index in [0.717, 1.165) is 18.5 Å². The van der Waals surface area contributed by atoms with Crippen LogP contribution in [0.5, 0.6) is 0 Å². The first-order valence-corrected chi connectivity index (χ1v) is 7.14. The summed E-state index contributed by atoms with van der Waals surface area (Å²) < 4.78 is 1.54. The normalized spacial score (nSPS) is 10.4. The van der Waals surface area contributed by atoms with Gasteiger partial charge in [0.2, 0.25) is 5.82 Å². The average molecular weight is 302 g/mol. The van der Waals surface area contributed by atoms with Crippen molar-refractivity contribution in [1.29, 1.82) is 0 Å². The summed E-state index contributed by atoms with van der Waals surface area (Å²) in [4.78, 5) is 26.2. The van der Waals surface area contributed by atoms with E-state index in [-0.39, 0.29) is 18.2 Å². The van der Waals surface area contributed by atoms with Crippen molar-refractivity contribution >= 4 is 11.9 Å². The number of benzene rings is 1. The summed E-state index contributed by atoms with van der Waals surface area (Å²) in [6.45, 7) is 0.484. The molecular weight excluding hydrogens is 284 g/mol. The number of hydrogen-bond acceptors (Lipinski definition) is 4. The molecule has 0 fully saturated rings. The lowest BCUT2D eigenvalue weighted by molar-refractivity contribution is -0.137. The van der Waals surface area contributed by atoms with Crippen LogP contribution in [0.1, 0.15) is 36.3 Å². The molecular formula is C15H18N4O3. The molecule has 0 aliphatic heterocycles. The zero-order valence-corrected chi connectivity index (χ0v) is 12.1. The molecule has 0 aliphatic carbocycles. The molecule has 2 rings (SSSR count). The molecule has 7 nitrogen and oxygen atoms in total. The largest absolute Gasteiger partial charge is 0.481 e. The number of aliphatic carboxylic acids is 1. The predicted molar refractivity (Wildman–Crippen MR) is 79.8 cm³/mol. The summed E-state index contributed by atoms with van der Waals surface area (Å²) >= 11 is 0. The van der Waals surface area contributed by atoms with Crippen LogP contribution in [0.25, 0.3) is 5.69 Å². The molecule has 0 aliphatic rings. The van der Waals surface area contributed by atoms with Crippen LogP contribution in [0.4, 0.5) is 0 Å². The van der Waals surface area contributed by atoms with Crippen molar-refractivity contribution in [2.45, 2.75) is 25.7 Å². The summed E-state index contributed by atoms with van der Waals surface area (Å²) in [5.41, 5.74) is 0.836. The van der Waals surface area contributed by atoms with E-state index in [1.165, 1.54) is 6.33 Å². The SMILES string of the molecule is O=C(O)CCCCCNC(=O)c1ncn(-c2ccccc2)n1. The van der Waals surface area contributed by atoms with Crippen LogP contribution >= 0.6 is 0 Å². The Hall–Kier alpha value is -2.70. The van der Waals surface area contributed by atoms with Crippen LogP contribution in [-0.4, -0.2) is 38.3 Å². The van der Waals surface area contributed by atoms with Gasteiger partial charge in [-0.25, -0.2) is 9.67 Å². The molecule has 0 bridgehead atoms. The van der Waals surface area contributed by atoms with Gasteiger partial charge in [0.05, 0.1) is 5.69 Å². The van der Waals surface area contributed by atoms with E-state index < -0.39 is 5.97 Å². The number of para-hydroxylation sites is 1. The minimum absolute atomic E-state index is 0.120. The molecule has 0 saturated carbocycles. The Morgan fingerprint density at radius 1 is 1.14 bits per heavy atom. The number of aromatic nitrogens is 3. The number of carbonyl (C=O) groups is 2. The Morgan fingerprint density at radius 3 is 2.64 bits per heavy atom. The second-order valence-electron chi connectivity index (χ2n) is 4.81. The third-order valence-electron chi connectivity index (χ3n) is 3.07. The first-order valence-electron chi connectivity index (χ1n) is 7.14.